The summed E-state index contributed by atoms with van der Waals surface area (Å²) in [6.45, 7) is 0.618. The Morgan fingerprint density at radius 2 is 2.00 bits per heavy atom. The number of anilines is 2. The number of nitrogens with two attached hydrogens (primary N) is 1. The SMILES string of the molecule is COc1ccc(CNc2ccc3nccnc3n2)cc1N. The van der Waals surface area contributed by atoms with Crippen molar-refractivity contribution in [1.82, 2.24) is 15.0 Å². The number of hydrogen-bond donors (Lipinski definition) is 2. The van der Waals surface area contributed by atoms with Crippen LogP contribution in [0, 0.1) is 0 Å². The Kier molecular flexibility index (Phi) is 3.51. The van der Waals surface area contributed by atoms with Gasteiger partial charge in [0.2, 0.25) is 0 Å². The largest absolute Gasteiger partial charge is 0.495 e. The van der Waals surface area contributed by atoms with Crippen molar-refractivity contribution < 1.29 is 4.74 Å². The maximum Gasteiger partial charge on any atom is 0.180 e. The maximum absolute atomic E-state index is 5.89. The number of benzene rings is 1. The van der Waals surface area contributed by atoms with Crippen molar-refractivity contribution >= 4 is 22.7 Å². The average Bonchev–Trinajstić information content (AvgIpc) is 2.53. The van der Waals surface area contributed by atoms with Gasteiger partial charge in [0.25, 0.3) is 0 Å². The van der Waals surface area contributed by atoms with Crippen LogP contribution in [-0.4, -0.2) is 22.1 Å². The second kappa shape index (κ2) is 5.62. The minimum atomic E-state index is 0.618. The summed E-state index contributed by atoms with van der Waals surface area (Å²) in [5, 5.41) is 3.24. The number of nitrogen functional groups attached to an aromatic ring is 1. The van der Waals surface area contributed by atoms with E-state index in [4.69, 9.17) is 10.5 Å². The van der Waals surface area contributed by atoms with Crippen LogP contribution in [0.3, 0.4) is 0 Å². The van der Waals surface area contributed by atoms with Crippen molar-refractivity contribution in [3.05, 3.63) is 48.3 Å². The van der Waals surface area contributed by atoms with Crippen LogP contribution in [0.1, 0.15) is 5.56 Å². The Hall–Kier alpha value is -2.89. The molecular weight excluding hydrogens is 266 g/mol. The summed E-state index contributed by atoms with van der Waals surface area (Å²) >= 11 is 0. The van der Waals surface area contributed by atoms with E-state index < -0.39 is 0 Å². The highest BCUT2D eigenvalue weighted by atomic mass is 16.5. The topological polar surface area (TPSA) is 86.0 Å². The molecule has 0 fully saturated rings. The number of fused-ring (bicyclic) bond motifs is 1. The zero-order valence-electron chi connectivity index (χ0n) is 11.6. The van der Waals surface area contributed by atoms with Gasteiger partial charge in [0.05, 0.1) is 12.8 Å². The van der Waals surface area contributed by atoms with E-state index in [0.717, 1.165) is 16.9 Å². The summed E-state index contributed by atoms with van der Waals surface area (Å²) in [7, 11) is 1.60. The Labute approximate surface area is 122 Å². The molecule has 0 radical (unpaired) electrons. The molecule has 0 atom stereocenters. The van der Waals surface area contributed by atoms with Crippen molar-refractivity contribution in [3.8, 4) is 5.75 Å². The van der Waals surface area contributed by atoms with Crippen molar-refractivity contribution in [2.24, 2.45) is 0 Å². The van der Waals surface area contributed by atoms with E-state index in [-0.39, 0.29) is 0 Å². The maximum atomic E-state index is 5.89. The standard InChI is InChI=1S/C15H15N5O/c1-21-13-4-2-10(8-11(13)16)9-19-14-5-3-12-15(20-14)18-7-6-17-12/h2-8H,9,16H2,1H3,(H,18,19,20). The van der Waals surface area contributed by atoms with Crippen LogP contribution in [-0.2, 0) is 6.54 Å². The molecule has 3 aromatic rings. The highest BCUT2D eigenvalue weighted by Gasteiger charge is 2.02. The van der Waals surface area contributed by atoms with Gasteiger partial charge in [-0.15, -0.1) is 0 Å². The molecule has 2 aromatic heterocycles. The summed E-state index contributed by atoms with van der Waals surface area (Å²) in [5.41, 5.74) is 8.96. The number of rotatable bonds is 4. The quantitative estimate of drug-likeness (QED) is 0.713. The van der Waals surface area contributed by atoms with Crippen LogP contribution in [0.15, 0.2) is 42.7 Å². The highest BCUT2D eigenvalue weighted by Crippen LogP contribution is 2.22. The number of ether oxygens (including phenoxy) is 1. The van der Waals surface area contributed by atoms with E-state index in [1.165, 1.54) is 0 Å². The van der Waals surface area contributed by atoms with Gasteiger partial charge in [0, 0.05) is 18.9 Å². The summed E-state index contributed by atoms with van der Waals surface area (Å²) in [5.74, 6) is 1.43. The first kappa shape index (κ1) is 13.1. The normalized spacial score (nSPS) is 10.5. The van der Waals surface area contributed by atoms with Crippen LogP contribution in [0.2, 0.25) is 0 Å². The molecule has 6 nitrogen and oxygen atoms in total. The van der Waals surface area contributed by atoms with Crippen LogP contribution in [0.4, 0.5) is 11.5 Å². The zero-order valence-corrected chi connectivity index (χ0v) is 11.6. The average molecular weight is 281 g/mol. The van der Waals surface area contributed by atoms with Gasteiger partial charge >= 0.3 is 0 Å². The number of hydrogen-bond acceptors (Lipinski definition) is 6. The fraction of sp³-hybridized carbons (Fsp3) is 0.133. The van der Waals surface area contributed by atoms with E-state index in [0.29, 0.717) is 23.6 Å². The summed E-state index contributed by atoms with van der Waals surface area (Å²) in [4.78, 5) is 12.8. The number of nitrogens with one attached hydrogen (secondary N) is 1. The second-order valence-electron chi connectivity index (χ2n) is 4.53. The van der Waals surface area contributed by atoms with Crippen molar-refractivity contribution in [2.45, 2.75) is 6.54 Å². The van der Waals surface area contributed by atoms with Crippen molar-refractivity contribution in [3.63, 3.8) is 0 Å². The first-order chi connectivity index (χ1) is 10.3. The predicted molar refractivity (Wildman–Crippen MR) is 82.1 cm³/mol. The van der Waals surface area contributed by atoms with Gasteiger partial charge in [0.1, 0.15) is 17.1 Å². The third-order valence-corrected chi connectivity index (χ3v) is 3.10. The summed E-state index contributed by atoms with van der Waals surface area (Å²) in [6.07, 6.45) is 3.28. The minimum Gasteiger partial charge on any atom is -0.495 e. The molecule has 0 unspecified atom stereocenters. The lowest BCUT2D eigenvalue weighted by Crippen LogP contribution is -2.03. The van der Waals surface area contributed by atoms with Gasteiger partial charge < -0.3 is 15.8 Å². The fourth-order valence-electron chi connectivity index (χ4n) is 2.04. The van der Waals surface area contributed by atoms with Gasteiger partial charge in [-0.25, -0.2) is 9.97 Å². The highest BCUT2D eigenvalue weighted by molar-refractivity contribution is 5.71. The molecule has 0 bridgehead atoms. The summed E-state index contributed by atoms with van der Waals surface area (Å²) < 4.78 is 5.14. The van der Waals surface area contributed by atoms with Gasteiger partial charge in [-0.1, -0.05) is 6.07 Å². The Balaban J connectivity index is 1.75. The molecule has 0 saturated heterocycles. The van der Waals surface area contributed by atoms with E-state index in [2.05, 4.69) is 20.3 Å². The van der Waals surface area contributed by atoms with E-state index >= 15 is 0 Å². The lowest BCUT2D eigenvalue weighted by atomic mass is 10.2. The molecule has 0 aliphatic heterocycles. The lowest BCUT2D eigenvalue weighted by Gasteiger charge is -2.09. The van der Waals surface area contributed by atoms with Crippen molar-refractivity contribution in [1.29, 1.82) is 0 Å². The molecule has 6 heteroatoms. The van der Waals surface area contributed by atoms with Crippen LogP contribution in [0.25, 0.3) is 11.2 Å². The molecule has 21 heavy (non-hydrogen) atoms. The van der Waals surface area contributed by atoms with E-state index in [9.17, 15) is 0 Å². The number of methoxy groups -OCH3 is 1. The number of aromatic nitrogens is 3. The molecule has 0 aliphatic carbocycles. The predicted octanol–water partition coefficient (Wildman–Crippen LogP) is 2.23. The third kappa shape index (κ3) is 2.84. The fourth-order valence-corrected chi connectivity index (χ4v) is 2.04. The van der Waals surface area contributed by atoms with Crippen LogP contribution < -0.4 is 15.8 Å². The van der Waals surface area contributed by atoms with Gasteiger partial charge in [-0.05, 0) is 29.8 Å². The van der Waals surface area contributed by atoms with E-state index in [1.54, 1.807) is 19.5 Å². The molecule has 1 aromatic carbocycles. The zero-order chi connectivity index (χ0) is 14.7. The first-order valence-corrected chi connectivity index (χ1v) is 6.50. The molecular formula is C15H15N5O. The van der Waals surface area contributed by atoms with Gasteiger partial charge in [0.15, 0.2) is 5.65 Å². The molecule has 0 saturated carbocycles. The molecule has 0 spiro atoms. The van der Waals surface area contributed by atoms with Gasteiger partial charge in [-0.3, -0.25) is 4.98 Å². The molecule has 0 amide bonds. The monoisotopic (exact) mass is 281 g/mol. The smallest absolute Gasteiger partial charge is 0.180 e. The number of nitrogens with zero attached hydrogens (tertiary/aromatic N) is 3. The molecule has 2 heterocycles. The molecule has 0 aliphatic rings. The Bertz CT molecular complexity index is 775. The minimum absolute atomic E-state index is 0.618. The van der Waals surface area contributed by atoms with Crippen molar-refractivity contribution in [2.75, 3.05) is 18.2 Å². The molecule has 3 rings (SSSR count). The van der Waals surface area contributed by atoms with Crippen LogP contribution >= 0.6 is 0 Å². The second-order valence-corrected chi connectivity index (χ2v) is 4.53. The molecule has 3 N–H and O–H groups in total. The summed E-state index contributed by atoms with van der Waals surface area (Å²) in [6, 6.07) is 9.46. The third-order valence-electron chi connectivity index (χ3n) is 3.10. The lowest BCUT2D eigenvalue weighted by molar-refractivity contribution is 0.417. The molecule has 106 valence electrons. The van der Waals surface area contributed by atoms with E-state index in [1.807, 2.05) is 30.3 Å². The Morgan fingerprint density at radius 1 is 1.14 bits per heavy atom. The number of pyridine rings is 1. The van der Waals surface area contributed by atoms with Crippen LogP contribution in [0.5, 0.6) is 5.75 Å². The first-order valence-electron chi connectivity index (χ1n) is 6.50. The van der Waals surface area contributed by atoms with Gasteiger partial charge in [-0.2, -0.15) is 0 Å². The Morgan fingerprint density at radius 3 is 2.81 bits per heavy atom.